The van der Waals surface area contributed by atoms with E-state index in [-0.39, 0.29) is 0 Å². The molecule has 0 aromatic carbocycles. The van der Waals surface area contributed by atoms with E-state index in [1.165, 1.54) is 23.5 Å². The van der Waals surface area contributed by atoms with Crippen LogP contribution < -0.4 is 5.32 Å². The summed E-state index contributed by atoms with van der Waals surface area (Å²) in [4.78, 5) is 37.6. The summed E-state index contributed by atoms with van der Waals surface area (Å²) in [6.45, 7) is 1.83. The maximum Gasteiger partial charge on any atom is 0.326 e. The van der Waals surface area contributed by atoms with Crippen LogP contribution in [0.4, 0.5) is 0 Å². The molecule has 0 radical (unpaired) electrons. The highest BCUT2D eigenvalue weighted by molar-refractivity contribution is 7.09. The molecular weight excluding hydrogens is 284 g/mol. The fourth-order valence-corrected chi connectivity index (χ4v) is 1.87. The van der Waals surface area contributed by atoms with Crippen molar-refractivity contribution < 1.29 is 24.2 Å². The third-order valence-corrected chi connectivity index (χ3v) is 3.05. The lowest BCUT2D eigenvalue weighted by Crippen LogP contribution is -2.41. The van der Waals surface area contributed by atoms with Gasteiger partial charge < -0.3 is 15.2 Å². The van der Waals surface area contributed by atoms with Gasteiger partial charge in [0.05, 0.1) is 24.2 Å². The zero-order valence-electron chi connectivity index (χ0n) is 11.0. The van der Waals surface area contributed by atoms with Gasteiger partial charge in [0.2, 0.25) is 5.91 Å². The Morgan fingerprint density at radius 2 is 2.25 bits per heavy atom. The van der Waals surface area contributed by atoms with E-state index < -0.39 is 30.3 Å². The largest absolute Gasteiger partial charge is 0.480 e. The average molecular weight is 298 g/mol. The molecule has 2 N–H and O–H groups in total. The fraction of sp³-hybridized carbons (Fsp3) is 0.333. The van der Waals surface area contributed by atoms with E-state index in [2.05, 4.69) is 15.0 Å². The number of hydrogen-bond donors (Lipinski definition) is 2. The summed E-state index contributed by atoms with van der Waals surface area (Å²) in [5, 5.41) is 13.7. The maximum absolute atomic E-state index is 11.6. The number of amides is 1. The number of nitrogens with one attached hydrogen (secondary N) is 1. The second-order valence-corrected chi connectivity index (χ2v) is 4.87. The third kappa shape index (κ3) is 5.19. The molecule has 108 valence electrons. The van der Waals surface area contributed by atoms with E-state index >= 15 is 0 Å². The number of thiazole rings is 1. The van der Waals surface area contributed by atoms with Gasteiger partial charge in [0.25, 0.3) is 0 Å². The van der Waals surface area contributed by atoms with Crippen molar-refractivity contribution in [1.82, 2.24) is 10.3 Å². The number of hydrogen-bond acceptors (Lipinski definition) is 6. The van der Waals surface area contributed by atoms with Gasteiger partial charge in [-0.05, 0) is 13.0 Å². The molecule has 1 aromatic rings. The number of nitrogens with zero attached hydrogens (tertiary/aromatic N) is 1. The second kappa shape index (κ2) is 7.39. The molecule has 0 aliphatic heterocycles. The number of aromatic nitrogens is 1. The third-order valence-electron chi connectivity index (χ3n) is 2.26. The molecule has 0 spiro atoms. The number of rotatable bonds is 6. The predicted molar refractivity (Wildman–Crippen MR) is 72.1 cm³/mol. The van der Waals surface area contributed by atoms with Gasteiger partial charge in [-0.1, -0.05) is 0 Å². The lowest BCUT2D eigenvalue weighted by molar-refractivity contribution is -0.148. The first-order valence-electron chi connectivity index (χ1n) is 5.62. The minimum absolute atomic E-state index is 0.429. The van der Waals surface area contributed by atoms with Gasteiger partial charge in [-0.25, -0.2) is 9.78 Å². The molecule has 0 aliphatic rings. The highest BCUT2D eigenvalue weighted by Gasteiger charge is 2.22. The molecule has 0 saturated carbocycles. The molecule has 0 unspecified atom stereocenters. The van der Waals surface area contributed by atoms with Crippen LogP contribution in [0.25, 0.3) is 6.08 Å². The molecule has 0 saturated heterocycles. The molecule has 1 heterocycles. The quantitative estimate of drug-likeness (QED) is 0.588. The van der Waals surface area contributed by atoms with Gasteiger partial charge in [0, 0.05) is 11.5 Å². The Morgan fingerprint density at radius 3 is 2.75 bits per heavy atom. The first-order chi connectivity index (χ1) is 9.42. The van der Waals surface area contributed by atoms with Crippen molar-refractivity contribution in [3.8, 4) is 0 Å². The van der Waals surface area contributed by atoms with Crippen LogP contribution in [0.3, 0.4) is 0 Å². The highest BCUT2D eigenvalue weighted by Crippen LogP contribution is 2.09. The SMILES string of the molecule is COC(=O)C[C@H](NC(=O)C=Cc1csc(C)n1)C(=O)O. The summed E-state index contributed by atoms with van der Waals surface area (Å²) in [5.41, 5.74) is 0.613. The normalized spacial score (nSPS) is 12.1. The molecule has 1 amide bonds. The molecule has 20 heavy (non-hydrogen) atoms. The van der Waals surface area contributed by atoms with Crippen molar-refractivity contribution in [2.45, 2.75) is 19.4 Å². The van der Waals surface area contributed by atoms with Crippen LogP contribution in [-0.4, -0.2) is 41.1 Å². The van der Waals surface area contributed by atoms with Crippen molar-refractivity contribution in [3.05, 3.63) is 22.2 Å². The first-order valence-corrected chi connectivity index (χ1v) is 6.50. The Balaban J connectivity index is 2.60. The standard InChI is InChI=1S/C12H14N2O5S/c1-7-13-8(6-20-7)3-4-10(15)14-9(12(17)18)5-11(16)19-2/h3-4,6,9H,5H2,1-2H3,(H,14,15)(H,17,18)/t9-/m0/s1. The minimum Gasteiger partial charge on any atom is -0.480 e. The second-order valence-electron chi connectivity index (χ2n) is 3.80. The van der Waals surface area contributed by atoms with Gasteiger partial charge in [0.15, 0.2) is 0 Å². The van der Waals surface area contributed by atoms with Crippen molar-refractivity contribution in [3.63, 3.8) is 0 Å². The Hall–Kier alpha value is -2.22. The summed E-state index contributed by atoms with van der Waals surface area (Å²) in [7, 11) is 1.15. The Labute approximate surface area is 119 Å². The zero-order chi connectivity index (χ0) is 15.1. The van der Waals surface area contributed by atoms with E-state index in [9.17, 15) is 14.4 Å². The summed E-state index contributed by atoms with van der Waals surface area (Å²) in [6.07, 6.45) is 2.21. The van der Waals surface area contributed by atoms with Crippen molar-refractivity contribution >= 4 is 35.3 Å². The molecule has 0 fully saturated rings. The summed E-state index contributed by atoms with van der Waals surface area (Å²) >= 11 is 1.44. The van der Waals surface area contributed by atoms with Crippen LogP contribution >= 0.6 is 11.3 Å². The Kier molecular flexibility index (Phi) is 5.85. The van der Waals surface area contributed by atoms with Gasteiger partial charge in [-0.3, -0.25) is 9.59 Å². The minimum atomic E-state index is -1.32. The maximum atomic E-state index is 11.6. The van der Waals surface area contributed by atoms with E-state index in [1.54, 1.807) is 5.38 Å². The average Bonchev–Trinajstić information content (AvgIpc) is 2.81. The smallest absolute Gasteiger partial charge is 0.326 e. The van der Waals surface area contributed by atoms with Crippen molar-refractivity contribution in [1.29, 1.82) is 0 Å². The van der Waals surface area contributed by atoms with Crippen LogP contribution in [0.2, 0.25) is 0 Å². The Bertz CT molecular complexity index is 538. The molecule has 1 aromatic heterocycles. The van der Waals surface area contributed by atoms with Gasteiger partial charge in [-0.15, -0.1) is 11.3 Å². The number of esters is 1. The summed E-state index contributed by atoms with van der Waals surface area (Å²) in [5.74, 6) is -2.63. The monoisotopic (exact) mass is 298 g/mol. The number of carbonyl (C=O) groups is 3. The molecule has 0 bridgehead atoms. The number of methoxy groups -OCH3 is 1. The summed E-state index contributed by atoms with van der Waals surface area (Å²) in [6, 6.07) is -1.32. The Morgan fingerprint density at radius 1 is 1.55 bits per heavy atom. The van der Waals surface area contributed by atoms with Crippen molar-refractivity contribution in [2.75, 3.05) is 7.11 Å². The summed E-state index contributed by atoms with van der Waals surface area (Å²) < 4.78 is 4.36. The topological polar surface area (TPSA) is 106 Å². The van der Waals surface area contributed by atoms with E-state index in [0.717, 1.165) is 12.1 Å². The lowest BCUT2D eigenvalue weighted by atomic mass is 10.2. The molecule has 1 atom stereocenters. The molecule has 1 rings (SSSR count). The van der Waals surface area contributed by atoms with E-state index in [4.69, 9.17) is 5.11 Å². The molecule has 0 aliphatic carbocycles. The van der Waals surface area contributed by atoms with Gasteiger partial charge >= 0.3 is 11.9 Å². The number of carboxylic acids is 1. The molecule has 8 heteroatoms. The number of carboxylic acid groups (broad SMARTS) is 1. The number of ether oxygens (including phenoxy) is 1. The first kappa shape index (κ1) is 15.8. The van der Waals surface area contributed by atoms with Crippen LogP contribution in [0.1, 0.15) is 17.1 Å². The van der Waals surface area contributed by atoms with Crippen LogP contribution in [0.5, 0.6) is 0 Å². The highest BCUT2D eigenvalue weighted by atomic mass is 32.1. The number of aryl methyl sites for hydroxylation is 1. The van der Waals surface area contributed by atoms with Crippen LogP contribution in [0, 0.1) is 6.92 Å². The van der Waals surface area contributed by atoms with E-state index in [1.807, 2.05) is 6.92 Å². The zero-order valence-corrected chi connectivity index (χ0v) is 11.8. The van der Waals surface area contributed by atoms with Gasteiger partial charge in [0.1, 0.15) is 6.04 Å². The predicted octanol–water partition coefficient (Wildman–Crippen LogP) is 0.597. The van der Waals surface area contributed by atoms with E-state index in [0.29, 0.717) is 5.69 Å². The van der Waals surface area contributed by atoms with Crippen LogP contribution in [0.15, 0.2) is 11.5 Å². The number of carbonyl (C=O) groups excluding carboxylic acids is 2. The van der Waals surface area contributed by atoms with Gasteiger partial charge in [-0.2, -0.15) is 0 Å². The molecule has 7 nitrogen and oxygen atoms in total. The molecular formula is C12H14N2O5S. The lowest BCUT2D eigenvalue weighted by Gasteiger charge is -2.11. The van der Waals surface area contributed by atoms with Crippen LogP contribution in [-0.2, 0) is 19.1 Å². The fourth-order valence-electron chi connectivity index (χ4n) is 1.29. The number of aliphatic carboxylic acids is 1. The van der Waals surface area contributed by atoms with Crippen molar-refractivity contribution in [2.24, 2.45) is 0 Å².